The third-order valence-corrected chi connectivity index (χ3v) is 4.20. The van der Waals surface area contributed by atoms with Crippen LogP contribution in [0.3, 0.4) is 0 Å². The molecule has 7 nitrogen and oxygen atoms in total. The number of phenolic OH excluding ortho intramolecular Hbond substituents is 1. The van der Waals surface area contributed by atoms with Crippen LogP contribution >= 0.6 is 0 Å². The fourth-order valence-electron chi connectivity index (χ4n) is 2.57. The quantitative estimate of drug-likeness (QED) is 0.565. The van der Waals surface area contributed by atoms with Crippen molar-refractivity contribution in [3.05, 3.63) is 59.8 Å². The van der Waals surface area contributed by atoms with Gasteiger partial charge in [-0.15, -0.1) is 0 Å². The van der Waals surface area contributed by atoms with E-state index in [-0.39, 0.29) is 17.4 Å². The lowest BCUT2D eigenvalue weighted by Gasteiger charge is -2.18. The summed E-state index contributed by atoms with van der Waals surface area (Å²) in [6, 6.07) is 13.4. The van der Waals surface area contributed by atoms with E-state index in [1.165, 1.54) is 18.3 Å². The van der Waals surface area contributed by atoms with Gasteiger partial charge in [-0.2, -0.15) is 5.26 Å². The van der Waals surface area contributed by atoms with Crippen LogP contribution in [0.15, 0.2) is 54.2 Å². The molecule has 0 aliphatic heterocycles. The molecule has 0 radical (unpaired) electrons. The average Bonchev–Trinajstić information content (AvgIpc) is 2.71. The Labute approximate surface area is 164 Å². The van der Waals surface area contributed by atoms with Gasteiger partial charge in [0.25, 0.3) is 5.91 Å². The van der Waals surface area contributed by atoms with E-state index in [1.54, 1.807) is 50.4 Å². The number of ether oxygens (including phenoxy) is 2. The standard InChI is InChI=1S/C21H23N3O4/c1-14(15-5-10-19(27-3)20(11-15)28-4)23-21(26)16(12-22)13-24(2)17-6-8-18(25)9-7-17/h5-11,13-14,25H,1-4H3,(H,23,26)/b16-13-. The summed E-state index contributed by atoms with van der Waals surface area (Å²) < 4.78 is 10.5. The molecule has 7 heteroatoms. The number of anilines is 1. The number of phenols is 1. The van der Waals surface area contributed by atoms with Crippen LogP contribution in [-0.2, 0) is 4.79 Å². The van der Waals surface area contributed by atoms with Crippen molar-refractivity contribution in [3.63, 3.8) is 0 Å². The summed E-state index contributed by atoms with van der Waals surface area (Å²) >= 11 is 0. The molecule has 0 heterocycles. The van der Waals surface area contributed by atoms with E-state index in [9.17, 15) is 15.2 Å². The normalized spacial score (nSPS) is 11.9. The Balaban J connectivity index is 2.15. The van der Waals surface area contributed by atoms with E-state index >= 15 is 0 Å². The minimum atomic E-state index is -0.490. The molecule has 1 atom stereocenters. The molecule has 0 spiro atoms. The largest absolute Gasteiger partial charge is 0.508 e. The fraction of sp³-hybridized carbons (Fsp3) is 0.238. The van der Waals surface area contributed by atoms with Gasteiger partial charge in [-0.3, -0.25) is 4.79 Å². The van der Waals surface area contributed by atoms with Crippen molar-refractivity contribution in [1.29, 1.82) is 5.26 Å². The van der Waals surface area contributed by atoms with Crippen LogP contribution in [0.5, 0.6) is 17.2 Å². The third-order valence-electron chi connectivity index (χ3n) is 4.20. The van der Waals surface area contributed by atoms with Crippen molar-refractivity contribution in [1.82, 2.24) is 5.32 Å². The second kappa shape index (κ2) is 9.33. The van der Waals surface area contributed by atoms with Gasteiger partial charge in [-0.1, -0.05) is 6.07 Å². The van der Waals surface area contributed by atoms with E-state index in [1.807, 2.05) is 19.1 Å². The zero-order valence-electron chi connectivity index (χ0n) is 16.3. The first-order valence-corrected chi connectivity index (χ1v) is 8.56. The molecule has 1 unspecified atom stereocenters. The Morgan fingerprint density at radius 2 is 1.82 bits per heavy atom. The number of nitrogens with one attached hydrogen (secondary N) is 1. The molecule has 0 fully saturated rings. The second-order valence-electron chi connectivity index (χ2n) is 6.09. The molecule has 0 saturated carbocycles. The number of nitrogens with zero attached hydrogens (tertiary/aromatic N) is 2. The first-order chi connectivity index (χ1) is 13.4. The topological polar surface area (TPSA) is 94.8 Å². The molecule has 0 bridgehead atoms. The maximum absolute atomic E-state index is 12.5. The molecule has 28 heavy (non-hydrogen) atoms. The molecule has 2 N–H and O–H groups in total. The predicted octanol–water partition coefficient (Wildman–Crippen LogP) is 3.13. The number of amides is 1. The van der Waals surface area contributed by atoms with Gasteiger partial charge in [0.05, 0.1) is 20.3 Å². The molecular weight excluding hydrogens is 358 g/mol. The minimum absolute atomic E-state index is 0.0390. The monoisotopic (exact) mass is 381 g/mol. The van der Waals surface area contributed by atoms with Crippen LogP contribution in [0.2, 0.25) is 0 Å². The van der Waals surface area contributed by atoms with Gasteiger partial charge in [0, 0.05) is 18.9 Å². The van der Waals surface area contributed by atoms with Gasteiger partial charge in [0.2, 0.25) is 0 Å². The number of benzene rings is 2. The van der Waals surface area contributed by atoms with Crippen molar-refractivity contribution in [2.75, 3.05) is 26.2 Å². The average molecular weight is 381 g/mol. The Morgan fingerprint density at radius 3 is 2.39 bits per heavy atom. The highest BCUT2D eigenvalue weighted by molar-refractivity contribution is 5.97. The molecule has 2 rings (SSSR count). The predicted molar refractivity (Wildman–Crippen MR) is 106 cm³/mol. The number of hydrogen-bond donors (Lipinski definition) is 2. The number of rotatable bonds is 7. The summed E-state index contributed by atoms with van der Waals surface area (Å²) in [6.07, 6.45) is 1.45. The van der Waals surface area contributed by atoms with Crippen LogP contribution in [0, 0.1) is 11.3 Å². The molecule has 0 aliphatic rings. The minimum Gasteiger partial charge on any atom is -0.508 e. The number of methoxy groups -OCH3 is 2. The van der Waals surface area contributed by atoms with E-state index in [0.29, 0.717) is 11.5 Å². The van der Waals surface area contributed by atoms with Crippen LogP contribution in [0.1, 0.15) is 18.5 Å². The smallest absolute Gasteiger partial charge is 0.263 e. The Bertz CT molecular complexity index is 901. The maximum Gasteiger partial charge on any atom is 0.263 e. The zero-order valence-corrected chi connectivity index (χ0v) is 16.3. The molecule has 2 aromatic carbocycles. The van der Waals surface area contributed by atoms with Crippen LogP contribution in [-0.4, -0.2) is 32.3 Å². The van der Waals surface area contributed by atoms with Gasteiger partial charge < -0.3 is 24.8 Å². The summed E-state index contributed by atoms with van der Waals surface area (Å²) in [5.41, 5.74) is 1.50. The highest BCUT2D eigenvalue weighted by atomic mass is 16.5. The highest BCUT2D eigenvalue weighted by Crippen LogP contribution is 2.30. The van der Waals surface area contributed by atoms with E-state index in [0.717, 1.165) is 11.3 Å². The van der Waals surface area contributed by atoms with Gasteiger partial charge in [-0.25, -0.2) is 0 Å². The third kappa shape index (κ3) is 4.95. The van der Waals surface area contributed by atoms with Crippen LogP contribution in [0.25, 0.3) is 0 Å². The van der Waals surface area contributed by atoms with Gasteiger partial charge >= 0.3 is 0 Å². The fourth-order valence-corrected chi connectivity index (χ4v) is 2.57. The van der Waals surface area contributed by atoms with Gasteiger partial charge in [0.15, 0.2) is 11.5 Å². The number of aromatic hydroxyl groups is 1. The lowest BCUT2D eigenvalue weighted by atomic mass is 10.1. The first-order valence-electron chi connectivity index (χ1n) is 8.56. The number of carbonyl (C=O) groups is 1. The molecule has 146 valence electrons. The van der Waals surface area contributed by atoms with Crippen LogP contribution < -0.4 is 19.7 Å². The van der Waals surface area contributed by atoms with Crippen molar-refractivity contribution in [3.8, 4) is 23.3 Å². The van der Waals surface area contributed by atoms with Crippen LogP contribution in [0.4, 0.5) is 5.69 Å². The number of nitriles is 1. The summed E-state index contributed by atoms with van der Waals surface area (Å²) in [7, 11) is 4.81. The summed E-state index contributed by atoms with van der Waals surface area (Å²) in [4.78, 5) is 14.2. The van der Waals surface area contributed by atoms with Crippen molar-refractivity contribution >= 4 is 11.6 Å². The lowest BCUT2D eigenvalue weighted by molar-refractivity contribution is -0.117. The van der Waals surface area contributed by atoms with E-state index in [4.69, 9.17) is 9.47 Å². The maximum atomic E-state index is 12.5. The van der Waals surface area contributed by atoms with Gasteiger partial charge in [0.1, 0.15) is 17.4 Å². The van der Waals surface area contributed by atoms with Gasteiger partial charge in [-0.05, 0) is 48.9 Å². The first kappa shape index (κ1) is 20.6. The molecule has 1 amide bonds. The Hall–Kier alpha value is -3.66. The molecule has 0 aliphatic carbocycles. The zero-order chi connectivity index (χ0) is 20.7. The molecule has 2 aromatic rings. The van der Waals surface area contributed by atoms with Crippen molar-refractivity contribution in [2.45, 2.75) is 13.0 Å². The summed E-state index contributed by atoms with van der Waals surface area (Å²) in [6.45, 7) is 1.82. The Kier molecular flexibility index (Phi) is 6.88. The number of hydrogen-bond acceptors (Lipinski definition) is 6. The SMILES string of the molecule is COc1ccc(C(C)NC(=O)/C(C#N)=C\N(C)c2ccc(O)cc2)cc1OC. The van der Waals surface area contributed by atoms with E-state index < -0.39 is 5.91 Å². The summed E-state index contributed by atoms with van der Waals surface area (Å²) in [5, 5.41) is 21.6. The lowest BCUT2D eigenvalue weighted by Crippen LogP contribution is -2.28. The molecular formula is C21H23N3O4. The Morgan fingerprint density at radius 1 is 1.18 bits per heavy atom. The van der Waals surface area contributed by atoms with Crippen molar-refractivity contribution in [2.24, 2.45) is 0 Å². The second-order valence-corrected chi connectivity index (χ2v) is 6.09. The summed E-state index contributed by atoms with van der Waals surface area (Å²) in [5.74, 6) is 0.806. The molecule has 0 saturated heterocycles. The van der Waals surface area contributed by atoms with Crippen molar-refractivity contribution < 1.29 is 19.4 Å². The van der Waals surface area contributed by atoms with E-state index in [2.05, 4.69) is 5.32 Å². The highest BCUT2D eigenvalue weighted by Gasteiger charge is 2.16. The molecule has 0 aromatic heterocycles. The number of carbonyl (C=O) groups excluding carboxylic acids is 1.